The first kappa shape index (κ1) is 19.2. The molecule has 0 unspecified atom stereocenters. The van der Waals surface area contributed by atoms with E-state index in [4.69, 9.17) is 4.98 Å². The third-order valence-electron chi connectivity index (χ3n) is 5.20. The zero-order valence-electron chi connectivity index (χ0n) is 17.1. The molecule has 6 heteroatoms. The number of nitrogens with one attached hydrogen (secondary N) is 1. The van der Waals surface area contributed by atoms with Crippen LogP contribution in [0.2, 0.25) is 0 Å². The molecule has 0 bridgehead atoms. The molecule has 0 radical (unpaired) electrons. The molecule has 1 saturated heterocycles. The van der Waals surface area contributed by atoms with E-state index in [2.05, 4.69) is 79.6 Å². The van der Waals surface area contributed by atoms with Crippen LogP contribution in [0.4, 0.5) is 23.1 Å². The lowest BCUT2D eigenvalue weighted by Gasteiger charge is -2.34. The van der Waals surface area contributed by atoms with Crippen LogP contribution in [0.5, 0.6) is 0 Å². The summed E-state index contributed by atoms with van der Waals surface area (Å²) in [6, 6.07) is 20.9. The molecule has 150 valence electrons. The van der Waals surface area contributed by atoms with Gasteiger partial charge in [0.05, 0.1) is 0 Å². The highest BCUT2D eigenvalue weighted by molar-refractivity contribution is 5.61. The Bertz CT molecular complexity index is 902. The van der Waals surface area contributed by atoms with Crippen molar-refractivity contribution in [3.63, 3.8) is 0 Å². The maximum atomic E-state index is 4.73. The van der Waals surface area contributed by atoms with Crippen LogP contribution >= 0.6 is 0 Å². The second-order valence-electron chi connectivity index (χ2n) is 7.56. The largest absolute Gasteiger partial charge is 0.378 e. The summed E-state index contributed by atoms with van der Waals surface area (Å²) in [6.07, 6.45) is 1.83. The highest BCUT2D eigenvalue weighted by Gasteiger charge is 2.19. The third kappa shape index (κ3) is 5.03. The van der Waals surface area contributed by atoms with Gasteiger partial charge in [0.15, 0.2) is 0 Å². The normalized spacial score (nSPS) is 14.6. The summed E-state index contributed by atoms with van der Waals surface area (Å²) in [5, 5.41) is 3.38. The molecule has 1 aliphatic rings. The quantitative estimate of drug-likeness (QED) is 0.696. The number of nitrogens with zero attached hydrogens (tertiary/aromatic N) is 5. The minimum atomic E-state index is 0.791. The Hall–Kier alpha value is -3.12. The first-order valence-electron chi connectivity index (χ1n) is 10.1. The van der Waals surface area contributed by atoms with Gasteiger partial charge < -0.3 is 15.1 Å². The van der Waals surface area contributed by atoms with Crippen molar-refractivity contribution in [2.45, 2.75) is 6.54 Å². The average Bonchev–Trinajstić information content (AvgIpc) is 2.76. The van der Waals surface area contributed by atoms with Crippen molar-refractivity contribution in [3.05, 3.63) is 72.4 Å². The number of hydrogen-bond acceptors (Lipinski definition) is 6. The fourth-order valence-corrected chi connectivity index (χ4v) is 3.51. The fourth-order valence-electron chi connectivity index (χ4n) is 3.51. The molecule has 0 aliphatic carbocycles. The molecule has 1 aliphatic heterocycles. The van der Waals surface area contributed by atoms with Crippen molar-refractivity contribution in [1.82, 2.24) is 14.9 Å². The highest BCUT2D eigenvalue weighted by atomic mass is 15.3. The first-order valence-corrected chi connectivity index (χ1v) is 10.1. The molecular weight excluding hydrogens is 360 g/mol. The van der Waals surface area contributed by atoms with Crippen LogP contribution < -0.4 is 15.1 Å². The molecule has 2 aromatic carbocycles. The van der Waals surface area contributed by atoms with E-state index in [9.17, 15) is 0 Å². The standard InChI is InChI=1S/C23H28N6/c1-27(2)21-10-8-20(9-11-21)25-22-12-13-24-23(26-22)29-16-14-28(15-17-29)18-19-6-4-3-5-7-19/h3-13H,14-18H2,1-2H3,(H,24,25,26). The average molecular weight is 389 g/mol. The van der Waals surface area contributed by atoms with Crippen LogP contribution in [-0.2, 0) is 6.54 Å². The molecular formula is C23H28N6. The van der Waals surface area contributed by atoms with Gasteiger partial charge in [0.2, 0.25) is 5.95 Å². The van der Waals surface area contributed by atoms with E-state index in [1.807, 2.05) is 26.4 Å². The van der Waals surface area contributed by atoms with Crippen LogP contribution in [0.15, 0.2) is 66.9 Å². The van der Waals surface area contributed by atoms with Gasteiger partial charge in [0.1, 0.15) is 5.82 Å². The molecule has 0 amide bonds. The van der Waals surface area contributed by atoms with E-state index < -0.39 is 0 Å². The fraction of sp³-hybridized carbons (Fsp3) is 0.304. The molecule has 29 heavy (non-hydrogen) atoms. The molecule has 3 aromatic rings. The molecule has 0 atom stereocenters. The maximum absolute atomic E-state index is 4.73. The molecule has 0 spiro atoms. The summed E-state index contributed by atoms with van der Waals surface area (Å²) in [7, 11) is 4.08. The second-order valence-corrected chi connectivity index (χ2v) is 7.56. The van der Waals surface area contributed by atoms with Crippen molar-refractivity contribution < 1.29 is 0 Å². The number of rotatable bonds is 6. The summed E-state index contributed by atoms with van der Waals surface area (Å²) < 4.78 is 0. The van der Waals surface area contributed by atoms with Crippen LogP contribution in [0, 0.1) is 0 Å². The molecule has 1 N–H and O–H groups in total. The summed E-state index contributed by atoms with van der Waals surface area (Å²) in [5.74, 6) is 1.61. The lowest BCUT2D eigenvalue weighted by atomic mass is 10.2. The van der Waals surface area contributed by atoms with Crippen molar-refractivity contribution in [1.29, 1.82) is 0 Å². The highest BCUT2D eigenvalue weighted by Crippen LogP contribution is 2.20. The first-order chi connectivity index (χ1) is 14.2. The van der Waals surface area contributed by atoms with Gasteiger partial charge in [-0.25, -0.2) is 4.98 Å². The number of piperazine rings is 1. The smallest absolute Gasteiger partial charge is 0.227 e. The van der Waals surface area contributed by atoms with E-state index in [0.717, 1.165) is 50.2 Å². The summed E-state index contributed by atoms with van der Waals surface area (Å²) >= 11 is 0. The minimum Gasteiger partial charge on any atom is -0.378 e. The third-order valence-corrected chi connectivity index (χ3v) is 5.20. The second kappa shape index (κ2) is 8.92. The topological polar surface area (TPSA) is 47.5 Å². The van der Waals surface area contributed by atoms with Gasteiger partial charge in [-0.2, -0.15) is 4.98 Å². The SMILES string of the molecule is CN(C)c1ccc(Nc2ccnc(N3CCN(Cc4ccccc4)CC3)n2)cc1. The number of anilines is 4. The maximum Gasteiger partial charge on any atom is 0.227 e. The van der Waals surface area contributed by atoms with Crippen LogP contribution in [0.1, 0.15) is 5.56 Å². The van der Waals surface area contributed by atoms with Crippen molar-refractivity contribution in [2.24, 2.45) is 0 Å². The predicted octanol–water partition coefficient (Wildman–Crippen LogP) is 3.61. The lowest BCUT2D eigenvalue weighted by Crippen LogP contribution is -2.46. The van der Waals surface area contributed by atoms with Crippen molar-refractivity contribution >= 4 is 23.1 Å². The van der Waals surface area contributed by atoms with Crippen LogP contribution in [-0.4, -0.2) is 55.1 Å². The molecule has 1 fully saturated rings. The van der Waals surface area contributed by atoms with Gasteiger partial charge in [-0.15, -0.1) is 0 Å². The van der Waals surface area contributed by atoms with E-state index in [1.165, 1.54) is 11.3 Å². The van der Waals surface area contributed by atoms with Gasteiger partial charge >= 0.3 is 0 Å². The zero-order chi connectivity index (χ0) is 20.1. The van der Waals surface area contributed by atoms with Gasteiger partial charge in [0, 0.05) is 64.4 Å². The Morgan fingerprint density at radius 2 is 1.62 bits per heavy atom. The molecule has 1 aromatic heterocycles. The van der Waals surface area contributed by atoms with Crippen LogP contribution in [0.25, 0.3) is 0 Å². The monoisotopic (exact) mass is 388 g/mol. The van der Waals surface area contributed by atoms with Crippen molar-refractivity contribution in [3.8, 4) is 0 Å². The summed E-state index contributed by atoms with van der Waals surface area (Å²) in [5.41, 5.74) is 3.56. The van der Waals surface area contributed by atoms with Crippen LogP contribution in [0.3, 0.4) is 0 Å². The summed E-state index contributed by atoms with van der Waals surface area (Å²) in [6.45, 7) is 4.91. The Kier molecular flexibility index (Phi) is 5.91. The Morgan fingerprint density at radius 3 is 2.31 bits per heavy atom. The Balaban J connectivity index is 1.35. The number of benzene rings is 2. The van der Waals surface area contributed by atoms with E-state index in [-0.39, 0.29) is 0 Å². The van der Waals surface area contributed by atoms with Gasteiger partial charge in [-0.05, 0) is 35.9 Å². The molecule has 0 saturated carbocycles. The van der Waals surface area contributed by atoms with Gasteiger partial charge in [-0.3, -0.25) is 4.90 Å². The van der Waals surface area contributed by atoms with E-state index >= 15 is 0 Å². The molecule has 6 nitrogen and oxygen atoms in total. The zero-order valence-corrected chi connectivity index (χ0v) is 17.1. The van der Waals surface area contributed by atoms with E-state index in [1.54, 1.807) is 0 Å². The van der Waals surface area contributed by atoms with Gasteiger partial charge in [0.25, 0.3) is 0 Å². The lowest BCUT2D eigenvalue weighted by molar-refractivity contribution is 0.248. The Morgan fingerprint density at radius 1 is 0.897 bits per heavy atom. The van der Waals surface area contributed by atoms with E-state index in [0.29, 0.717) is 0 Å². The molecule has 2 heterocycles. The predicted molar refractivity (Wildman–Crippen MR) is 120 cm³/mol. The summed E-state index contributed by atoms with van der Waals surface area (Å²) in [4.78, 5) is 16.1. The Labute approximate surface area is 172 Å². The molecule has 4 rings (SSSR count). The number of aromatic nitrogens is 2. The van der Waals surface area contributed by atoms with Gasteiger partial charge in [-0.1, -0.05) is 30.3 Å². The minimum absolute atomic E-state index is 0.791. The number of hydrogen-bond donors (Lipinski definition) is 1. The van der Waals surface area contributed by atoms with Crippen molar-refractivity contribution in [2.75, 3.05) is 55.4 Å².